The van der Waals surface area contributed by atoms with Gasteiger partial charge in [0.15, 0.2) is 0 Å². The molecule has 1 fully saturated rings. The van der Waals surface area contributed by atoms with Crippen molar-refractivity contribution in [3.63, 3.8) is 0 Å². The summed E-state index contributed by atoms with van der Waals surface area (Å²) in [6.45, 7) is 4.95. The molecule has 1 N–H and O–H groups in total. The largest absolute Gasteiger partial charge is 0.378 e. The third kappa shape index (κ3) is 3.95. The van der Waals surface area contributed by atoms with Gasteiger partial charge in [0.2, 0.25) is 11.9 Å². The monoisotopic (exact) mass is 330 g/mol. The van der Waals surface area contributed by atoms with E-state index in [4.69, 9.17) is 4.74 Å². The quantitative estimate of drug-likeness (QED) is 0.854. The van der Waals surface area contributed by atoms with E-state index in [1.54, 1.807) is 30.9 Å². The van der Waals surface area contributed by atoms with Gasteiger partial charge in [-0.2, -0.15) is 5.10 Å². The molecule has 3 rings (SSSR count). The maximum atomic E-state index is 12.6. The summed E-state index contributed by atoms with van der Waals surface area (Å²) < 4.78 is 7.01. The topological polar surface area (TPSA) is 85.2 Å². The molecule has 1 aliphatic heterocycles. The molecule has 0 bridgehead atoms. The van der Waals surface area contributed by atoms with E-state index in [9.17, 15) is 4.79 Å². The van der Waals surface area contributed by atoms with Crippen molar-refractivity contribution in [2.24, 2.45) is 0 Å². The first-order valence-electron chi connectivity index (χ1n) is 8.22. The van der Waals surface area contributed by atoms with Gasteiger partial charge in [0.05, 0.1) is 31.3 Å². The lowest BCUT2D eigenvalue weighted by Crippen LogP contribution is -2.52. The van der Waals surface area contributed by atoms with Crippen LogP contribution >= 0.6 is 0 Å². The van der Waals surface area contributed by atoms with Gasteiger partial charge in [-0.3, -0.25) is 9.69 Å². The van der Waals surface area contributed by atoms with Gasteiger partial charge in [0, 0.05) is 18.9 Å². The number of carbonyl (C=O) groups is 1. The van der Waals surface area contributed by atoms with Crippen LogP contribution in [0.1, 0.15) is 19.8 Å². The van der Waals surface area contributed by atoms with Crippen molar-refractivity contribution < 1.29 is 9.53 Å². The van der Waals surface area contributed by atoms with Gasteiger partial charge in [-0.15, -0.1) is 0 Å². The molecule has 0 aromatic carbocycles. The van der Waals surface area contributed by atoms with Gasteiger partial charge in [-0.05, 0) is 19.0 Å². The average Bonchev–Trinajstić information content (AvgIpc) is 3.09. The fourth-order valence-electron chi connectivity index (χ4n) is 2.64. The van der Waals surface area contributed by atoms with Crippen LogP contribution in [0.15, 0.2) is 30.9 Å². The number of amides is 1. The SMILES string of the molecule is CCCCN1CCOC[C@@H]1C(=O)Nc1cnn(-c2ncccn2)c1. The van der Waals surface area contributed by atoms with Crippen molar-refractivity contribution in [3.05, 3.63) is 30.9 Å². The Hall–Kier alpha value is -2.32. The minimum absolute atomic E-state index is 0.0701. The number of unbranched alkanes of at least 4 members (excludes halogenated alkanes) is 1. The Labute approximate surface area is 140 Å². The molecule has 0 aliphatic carbocycles. The molecule has 1 saturated heterocycles. The number of nitrogens with zero attached hydrogens (tertiary/aromatic N) is 5. The van der Waals surface area contributed by atoms with E-state index in [1.807, 2.05) is 0 Å². The highest BCUT2D eigenvalue weighted by molar-refractivity contribution is 5.94. The van der Waals surface area contributed by atoms with Crippen LogP contribution in [-0.2, 0) is 9.53 Å². The number of morpholine rings is 1. The van der Waals surface area contributed by atoms with E-state index in [0.717, 1.165) is 25.9 Å². The van der Waals surface area contributed by atoms with Gasteiger partial charge in [0.1, 0.15) is 6.04 Å². The second-order valence-corrected chi connectivity index (χ2v) is 5.69. The number of rotatable bonds is 6. The van der Waals surface area contributed by atoms with Gasteiger partial charge in [0.25, 0.3) is 0 Å². The zero-order chi connectivity index (χ0) is 16.8. The van der Waals surface area contributed by atoms with Crippen LogP contribution in [0.5, 0.6) is 0 Å². The predicted octanol–water partition coefficient (Wildman–Crippen LogP) is 1.10. The fourth-order valence-corrected chi connectivity index (χ4v) is 2.64. The van der Waals surface area contributed by atoms with E-state index >= 15 is 0 Å². The smallest absolute Gasteiger partial charge is 0.250 e. The molecule has 0 unspecified atom stereocenters. The Bertz CT molecular complexity index is 660. The van der Waals surface area contributed by atoms with Crippen LogP contribution in [0.25, 0.3) is 5.95 Å². The van der Waals surface area contributed by atoms with E-state index < -0.39 is 0 Å². The third-order valence-electron chi connectivity index (χ3n) is 3.95. The zero-order valence-corrected chi connectivity index (χ0v) is 13.8. The normalized spacial score (nSPS) is 18.5. The van der Waals surface area contributed by atoms with Gasteiger partial charge in [-0.25, -0.2) is 14.6 Å². The molecule has 0 radical (unpaired) electrons. The lowest BCUT2D eigenvalue weighted by molar-refractivity contribution is -0.127. The summed E-state index contributed by atoms with van der Waals surface area (Å²) in [7, 11) is 0. The van der Waals surface area contributed by atoms with Crippen molar-refractivity contribution in [2.75, 3.05) is 31.6 Å². The van der Waals surface area contributed by atoms with Crippen LogP contribution in [0.2, 0.25) is 0 Å². The summed E-state index contributed by atoms with van der Waals surface area (Å²) in [5.74, 6) is 0.392. The third-order valence-corrected chi connectivity index (χ3v) is 3.95. The van der Waals surface area contributed by atoms with Crippen molar-refractivity contribution >= 4 is 11.6 Å². The molecule has 8 heteroatoms. The van der Waals surface area contributed by atoms with E-state index in [-0.39, 0.29) is 11.9 Å². The van der Waals surface area contributed by atoms with Gasteiger partial charge < -0.3 is 10.1 Å². The van der Waals surface area contributed by atoms with E-state index in [0.29, 0.717) is 24.8 Å². The molecule has 1 aliphatic rings. The van der Waals surface area contributed by atoms with Crippen molar-refractivity contribution in [1.82, 2.24) is 24.6 Å². The summed E-state index contributed by atoms with van der Waals surface area (Å²) in [5.41, 5.74) is 0.619. The summed E-state index contributed by atoms with van der Waals surface area (Å²) >= 11 is 0. The number of anilines is 1. The van der Waals surface area contributed by atoms with Crippen molar-refractivity contribution in [1.29, 1.82) is 0 Å². The summed E-state index contributed by atoms with van der Waals surface area (Å²) in [6, 6.07) is 1.48. The molecule has 2 aromatic rings. The zero-order valence-electron chi connectivity index (χ0n) is 13.8. The molecule has 1 amide bonds. The Balaban J connectivity index is 1.64. The maximum Gasteiger partial charge on any atom is 0.250 e. The summed E-state index contributed by atoms with van der Waals surface area (Å²) in [6.07, 6.45) is 8.77. The predicted molar refractivity (Wildman–Crippen MR) is 88.9 cm³/mol. The van der Waals surface area contributed by atoms with Crippen LogP contribution in [0, 0.1) is 0 Å². The lowest BCUT2D eigenvalue weighted by Gasteiger charge is -2.34. The second-order valence-electron chi connectivity index (χ2n) is 5.69. The van der Waals surface area contributed by atoms with E-state index in [2.05, 4.69) is 32.2 Å². The number of carbonyl (C=O) groups excluding carboxylic acids is 1. The average molecular weight is 330 g/mol. The summed E-state index contributed by atoms with van der Waals surface area (Å²) in [4.78, 5) is 23.0. The fraction of sp³-hybridized carbons (Fsp3) is 0.500. The number of hydrogen-bond acceptors (Lipinski definition) is 6. The standard InChI is InChI=1S/C16H22N6O2/c1-2-3-7-21-8-9-24-12-14(21)15(23)20-13-10-19-22(11-13)16-17-5-4-6-18-16/h4-6,10-11,14H,2-3,7-9,12H2,1H3,(H,20,23)/t14-/m1/s1. The Morgan fingerprint density at radius 3 is 3.04 bits per heavy atom. The second kappa shape index (κ2) is 7.98. The summed E-state index contributed by atoms with van der Waals surface area (Å²) in [5, 5.41) is 7.09. The molecule has 128 valence electrons. The van der Waals surface area contributed by atoms with Crippen LogP contribution in [0.3, 0.4) is 0 Å². The lowest BCUT2D eigenvalue weighted by atomic mass is 10.2. The minimum Gasteiger partial charge on any atom is -0.378 e. The minimum atomic E-state index is -0.262. The Morgan fingerprint density at radius 1 is 1.42 bits per heavy atom. The highest BCUT2D eigenvalue weighted by Crippen LogP contribution is 2.13. The van der Waals surface area contributed by atoms with Crippen LogP contribution in [-0.4, -0.2) is 62.9 Å². The Kier molecular flexibility index (Phi) is 5.50. The van der Waals surface area contributed by atoms with Gasteiger partial charge >= 0.3 is 0 Å². The highest BCUT2D eigenvalue weighted by Gasteiger charge is 2.29. The molecular formula is C16H22N6O2. The maximum absolute atomic E-state index is 12.6. The van der Waals surface area contributed by atoms with E-state index in [1.165, 1.54) is 4.68 Å². The number of hydrogen-bond donors (Lipinski definition) is 1. The molecule has 1 atom stereocenters. The molecule has 24 heavy (non-hydrogen) atoms. The van der Waals surface area contributed by atoms with Gasteiger partial charge in [-0.1, -0.05) is 13.3 Å². The highest BCUT2D eigenvalue weighted by atomic mass is 16.5. The Morgan fingerprint density at radius 2 is 2.25 bits per heavy atom. The molecule has 0 saturated carbocycles. The van der Waals surface area contributed by atoms with Crippen molar-refractivity contribution in [3.8, 4) is 5.95 Å². The van der Waals surface area contributed by atoms with Crippen LogP contribution in [0.4, 0.5) is 5.69 Å². The first kappa shape index (κ1) is 16.5. The molecule has 3 heterocycles. The number of nitrogens with one attached hydrogen (secondary N) is 1. The number of ether oxygens (including phenoxy) is 1. The number of aromatic nitrogens is 4. The first-order valence-corrected chi connectivity index (χ1v) is 8.22. The van der Waals surface area contributed by atoms with Crippen molar-refractivity contribution in [2.45, 2.75) is 25.8 Å². The molecule has 8 nitrogen and oxygen atoms in total. The van der Waals surface area contributed by atoms with Crippen LogP contribution < -0.4 is 5.32 Å². The first-order chi connectivity index (χ1) is 11.8. The molecule has 2 aromatic heterocycles. The molecule has 0 spiro atoms. The molecular weight excluding hydrogens is 308 g/mol.